The van der Waals surface area contributed by atoms with Gasteiger partial charge in [-0.3, -0.25) is 0 Å². The molecular weight excluding hydrogens is 240 g/mol. The van der Waals surface area contributed by atoms with Gasteiger partial charge in [-0.2, -0.15) is 0 Å². The third-order valence-corrected chi connectivity index (χ3v) is 3.08. The number of aromatic nitrogens is 1. The molecule has 1 saturated carbocycles. The average molecular weight is 258 g/mol. The van der Waals surface area contributed by atoms with Gasteiger partial charge in [0, 0.05) is 24.9 Å². The quantitative estimate of drug-likeness (QED) is 0.629. The van der Waals surface area contributed by atoms with E-state index in [0.29, 0.717) is 6.04 Å². The zero-order chi connectivity index (χ0) is 13.8. The summed E-state index contributed by atoms with van der Waals surface area (Å²) in [7, 11) is 0. The third kappa shape index (κ3) is 3.44. The Labute approximate surface area is 113 Å². The van der Waals surface area contributed by atoms with Crippen molar-refractivity contribution in [3.8, 4) is 0 Å². The second-order valence-electron chi connectivity index (χ2n) is 4.75. The number of carboxylic acids is 1. The fourth-order valence-electron chi connectivity index (χ4n) is 2.08. The van der Waals surface area contributed by atoms with Gasteiger partial charge >= 0.3 is 5.97 Å². The van der Waals surface area contributed by atoms with Crippen molar-refractivity contribution in [1.82, 2.24) is 4.98 Å². The topological polar surface area (TPSA) is 53.4 Å². The Morgan fingerprint density at radius 3 is 2.89 bits per heavy atom. The van der Waals surface area contributed by atoms with Crippen molar-refractivity contribution in [3.63, 3.8) is 0 Å². The number of aliphatic carboxylic acids is 1. The van der Waals surface area contributed by atoms with Crippen LogP contribution in [0.4, 0.5) is 5.82 Å². The summed E-state index contributed by atoms with van der Waals surface area (Å²) in [5.41, 5.74) is 1.86. The average Bonchev–Trinajstić information content (AvgIpc) is 3.18. The first-order valence-corrected chi connectivity index (χ1v) is 6.37. The lowest BCUT2D eigenvalue weighted by Crippen LogP contribution is -2.27. The molecule has 1 heterocycles. The van der Waals surface area contributed by atoms with Crippen molar-refractivity contribution in [3.05, 3.63) is 42.1 Å². The van der Waals surface area contributed by atoms with Crippen molar-refractivity contribution in [1.29, 1.82) is 0 Å². The molecule has 1 aliphatic rings. The number of pyridine rings is 1. The normalized spacial score (nSPS) is 14.6. The van der Waals surface area contributed by atoms with Gasteiger partial charge in [-0.1, -0.05) is 6.08 Å². The van der Waals surface area contributed by atoms with Crippen LogP contribution in [0.3, 0.4) is 0 Å². The lowest BCUT2D eigenvalue weighted by atomic mass is 10.2. The second-order valence-corrected chi connectivity index (χ2v) is 4.75. The first kappa shape index (κ1) is 13.3. The molecule has 0 spiro atoms. The highest BCUT2D eigenvalue weighted by atomic mass is 16.4. The van der Waals surface area contributed by atoms with Crippen LogP contribution in [-0.4, -0.2) is 28.6 Å². The van der Waals surface area contributed by atoms with Gasteiger partial charge < -0.3 is 10.0 Å². The van der Waals surface area contributed by atoms with E-state index in [2.05, 4.69) is 16.5 Å². The van der Waals surface area contributed by atoms with E-state index in [9.17, 15) is 4.79 Å². The van der Waals surface area contributed by atoms with Crippen molar-refractivity contribution in [2.24, 2.45) is 0 Å². The van der Waals surface area contributed by atoms with Crippen LogP contribution in [0.5, 0.6) is 0 Å². The van der Waals surface area contributed by atoms with Gasteiger partial charge in [0.1, 0.15) is 5.82 Å². The maximum absolute atomic E-state index is 10.5. The van der Waals surface area contributed by atoms with E-state index >= 15 is 0 Å². The minimum atomic E-state index is -0.951. The van der Waals surface area contributed by atoms with E-state index in [0.717, 1.165) is 29.6 Å². The Kier molecular flexibility index (Phi) is 4.00. The summed E-state index contributed by atoms with van der Waals surface area (Å²) in [5, 5.41) is 8.61. The van der Waals surface area contributed by atoms with Crippen molar-refractivity contribution >= 4 is 17.9 Å². The molecule has 0 amide bonds. The summed E-state index contributed by atoms with van der Waals surface area (Å²) < 4.78 is 0. The first-order valence-electron chi connectivity index (χ1n) is 6.37. The van der Waals surface area contributed by atoms with E-state index in [1.54, 1.807) is 12.3 Å². The molecule has 2 rings (SSSR count). The Morgan fingerprint density at radius 1 is 1.63 bits per heavy atom. The van der Waals surface area contributed by atoms with Crippen molar-refractivity contribution in [2.75, 3.05) is 11.4 Å². The van der Waals surface area contributed by atoms with Crippen LogP contribution < -0.4 is 4.90 Å². The Balaban J connectivity index is 2.22. The van der Waals surface area contributed by atoms with Crippen LogP contribution in [0.25, 0.3) is 6.08 Å². The highest BCUT2D eigenvalue weighted by Gasteiger charge is 2.29. The maximum atomic E-state index is 10.5. The van der Waals surface area contributed by atoms with Gasteiger partial charge in [-0.05, 0) is 43.0 Å². The molecular formula is C15H18N2O2. The molecule has 0 bridgehead atoms. The summed E-state index contributed by atoms with van der Waals surface area (Å²) in [4.78, 5) is 17.2. The summed E-state index contributed by atoms with van der Waals surface area (Å²) in [6.07, 6.45) is 8.68. The zero-order valence-corrected chi connectivity index (χ0v) is 11.0. The molecule has 1 N–H and O–H groups in total. The molecule has 0 atom stereocenters. The summed E-state index contributed by atoms with van der Waals surface area (Å²) in [6.45, 7) is 6.58. The number of carbonyl (C=O) groups is 1. The van der Waals surface area contributed by atoms with Gasteiger partial charge in [0.15, 0.2) is 0 Å². The van der Waals surface area contributed by atoms with Crippen LogP contribution in [0, 0.1) is 6.92 Å². The van der Waals surface area contributed by atoms with Crippen LogP contribution in [0.2, 0.25) is 0 Å². The fourth-order valence-corrected chi connectivity index (χ4v) is 2.08. The molecule has 1 aromatic heterocycles. The molecule has 1 fully saturated rings. The van der Waals surface area contributed by atoms with Gasteiger partial charge in [-0.25, -0.2) is 9.78 Å². The number of hydrogen-bond donors (Lipinski definition) is 1. The SMILES string of the molecule is C=CCN(c1ncc(/C=C/C(=O)O)cc1C)C1CC1. The van der Waals surface area contributed by atoms with Crippen molar-refractivity contribution < 1.29 is 9.90 Å². The molecule has 4 nitrogen and oxygen atoms in total. The highest BCUT2D eigenvalue weighted by molar-refractivity contribution is 5.85. The summed E-state index contributed by atoms with van der Waals surface area (Å²) in [5.74, 6) is 0.0165. The smallest absolute Gasteiger partial charge is 0.328 e. The number of rotatable bonds is 6. The minimum absolute atomic E-state index is 0.574. The third-order valence-electron chi connectivity index (χ3n) is 3.08. The lowest BCUT2D eigenvalue weighted by molar-refractivity contribution is -0.131. The minimum Gasteiger partial charge on any atom is -0.478 e. The Morgan fingerprint density at radius 2 is 2.37 bits per heavy atom. The predicted octanol–water partition coefficient (Wildman–Crippen LogP) is 2.64. The molecule has 0 radical (unpaired) electrons. The first-order chi connectivity index (χ1) is 9.11. The molecule has 1 aromatic rings. The highest BCUT2D eigenvalue weighted by Crippen LogP contribution is 2.32. The maximum Gasteiger partial charge on any atom is 0.328 e. The lowest BCUT2D eigenvalue weighted by Gasteiger charge is -2.23. The predicted molar refractivity (Wildman–Crippen MR) is 76.2 cm³/mol. The molecule has 0 aliphatic heterocycles. The second kappa shape index (κ2) is 5.69. The van der Waals surface area contributed by atoms with E-state index in [1.165, 1.54) is 12.8 Å². The van der Waals surface area contributed by atoms with Crippen LogP contribution in [0.15, 0.2) is 31.0 Å². The molecule has 1 aliphatic carbocycles. The Hall–Kier alpha value is -2.10. The number of nitrogens with zero attached hydrogens (tertiary/aromatic N) is 2. The van der Waals surface area contributed by atoms with Crippen LogP contribution in [0.1, 0.15) is 24.0 Å². The van der Waals surface area contributed by atoms with Crippen LogP contribution >= 0.6 is 0 Å². The van der Waals surface area contributed by atoms with Crippen molar-refractivity contribution in [2.45, 2.75) is 25.8 Å². The number of carboxylic acid groups (broad SMARTS) is 1. The van der Waals surface area contributed by atoms with Gasteiger partial charge in [-0.15, -0.1) is 6.58 Å². The molecule has 100 valence electrons. The Bertz CT molecular complexity index is 519. The summed E-state index contributed by atoms with van der Waals surface area (Å²) >= 11 is 0. The molecule has 19 heavy (non-hydrogen) atoms. The monoisotopic (exact) mass is 258 g/mol. The largest absolute Gasteiger partial charge is 0.478 e. The fraction of sp³-hybridized carbons (Fsp3) is 0.333. The molecule has 4 heteroatoms. The van der Waals surface area contributed by atoms with Gasteiger partial charge in [0.05, 0.1) is 0 Å². The van der Waals surface area contributed by atoms with Gasteiger partial charge in [0.25, 0.3) is 0 Å². The standard InChI is InChI=1S/C15H18N2O2/c1-3-8-17(13-5-6-13)15-11(2)9-12(10-16-15)4-7-14(18)19/h3-4,7,9-10,13H,1,5-6,8H2,2H3,(H,18,19)/b7-4+. The molecule has 0 aromatic carbocycles. The van der Waals surface area contributed by atoms with E-state index in [1.807, 2.05) is 19.1 Å². The van der Waals surface area contributed by atoms with E-state index in [4.69, 9.17) is 5.11 Å². The number of anilines is 1. The number of hydrogen-bond acceptors (Lipinski definition) is 3. The number of aryl methyl sites for hydroxylation is 1. The van der Waals surface area contributed by atoms with E-state index in [-0.39, 0.29) is 0 Å². The zero-order valence-electron chi connectivity index (χ0n) is 11.0. The van der Waals surface area contributed by atoms with Gasteiger partial charge in [0.2, 0.25) is 0 Å². The van der Waals surface area contributed by atoms with Crippen LogP contribution in [-0.2, 0) is 4.79 Å². The molecule has 0 saturated heterocycles. The van der Waals surface area contributed by atoms with E-state index < -0.39 is 5.97 Å². The molecule has 0 unspecified atom stereocenters. The summed E-state index contributed by atoms with van der Waals surface area (Å²) in [6, 6.07) is 2.53.